The van der Waals surface area contributed by atoms with E-state index in [0.29, 0.717) is 24.8 Å². The number of benzene rings is 1. The molecule has 1 aromatic rings. The number of aryl methyl sites for hydroxylation is 2. The largest absolute Gasteiger partial charge is 0.328 e. The molecule has 1 heterocycles. The summed E-state index contributed by atoms with van der Waals surface area (Å²) < 4.78 is 0. The number of carbonyl (C=O) groups excluding carboxylic acids is 1. The number of ketones is 1. The highest BCUT2D eigenvalue weighted by Gasteiger charge is 2.18. The van der Waals surface area contributed by atoms with Crippen molar-refractivity contribution in [2.24, 2.45) is 5.73 Å². The maximum atomic E-state index is 12.2. The molecule has 19 heavy (non-hydrogen) atoms. The molecule has 1 fully saturated rings. The number of rotatable bonds is 4. The maximum absolute atomic E-state index is 12.2. The number of nitrogens with zero attached hydrogens (tertiary/aromatic N) is 1. The van der Waals surface area contributed by atoms with Crippen LogP contribution in [0.2, 0.25) is 0 Å². The fourth-order valence-corrected chi connectivity index (χ4v) is 2.62. The van der Waals surface area contributed by atoms with E-state index in [0.717, 1.165) is 25.9 Å². The first-order chi connectivity index (χ1) is 9.04. The highest BCUT2D eigenvalue weighted by molar-refractivity contribution is 5.83. The number of nitrogens with two attached hydrogens (primary N) is 1. The van der Waals surface area contributed by atoms with E-state index >= 15 is 0 Å². The summed E-state index contributed by atoms with van der Waals surface area (Å²) in [5, 5.41) is 0. The van der Waals surface area contributed by atoms with Crippen LogP contribution in [0.4, 0.5) is 0 Å². The van der Waals surface area contributed by atoms with Gasteiger partial charge in [0, 0.05) is 25.6 Å². The van der Waals surface area contributed by atoms with Crippen molar-refractivity contribution < 1.29 is 4.79 Å². The molecule has 104 valence electrons. The van der Waals surface area contributed by atoms with E-state index in [1.54, 1.807) is 0 Å². The zero-order valence-corrected chi connectivity index (χ0v) is 12.0. The third kappa shape index (κ3) is 4.15. The Labute approximate surface area is 115 Å². The van der Waals surface area contributed by atoms with Gasteiger partial charge in [0.1, 0.15) is 0 Å². The van der Waals surface area contributed by atoms with Gasteiger partial charge in [-0.3, -0.25) is 9.69 Å². The average molecular weight is 260 g/mol. The molecule has 2 rings (SSSR count). The molecular weight excluding hydrogens is 236 g/mol. The van der Waals surface area contributed by atoms with Crippen LogP contribution >= 0.6 is 0 Å². The summed E-state index contributed by atoms with van der Waals surface area (Å²) in [6, 6.07) is 6.64. The van der Waals surface area contributed by atoms with Crippen LogP contribution in [0.3, 0.4) is 0 Å². The van der Waals surface area contributed by atoms with Crippen molar-refractivity contribution in [3.63, 3.8) is 0 Å². The quantitative estimate of drug-likeness (QED) is 0.898. The third-order valence-electron chi connectivity index (χ3n) is 3.92. The highest BCUT2D eigenvalue weighted by Crippen LogP contribution is 2.13. The number of hydrogen-bond acceptors (Lipinski definition) is 3. The fraction of sp³-hybridized carbons (Fsp3) is 0.562. The fourth-order valence-electron chi connectivity index (χ4n) is 2.62. The van der Waals surface area contributed by atoms with Crippen LogP contribution in [0.5, 0.6) is 0 Å². The van der Waals surface area contributed by atoms with Crippen molar-refractivity contribution in [3.8, 4) is 0 Å². The lowest BCUT2D eigenvalue weighted by Crippen LogP contribution is -2.42. The average Bonchev–Trinajstić information content (AvgIpc) is 2.37. The standard InChI is InChI=1S/C16H24N2O/c1-12-3-4-13(2)14(9-12)10-16(19)11-18-7-5-15(17)6-8-18/h3-4,9,15H,5-8,10-11,17H2,1-2H3. The molecule has 1 aromatic carbocycles. The molecule has 0 amide bonds. The Balaban J connectivity index is 1.89. The van der Waals surface area contributed by atoms with Gasteiger partial charge in [-0.15, -0.1) is 0 Å². The lowest BCUT2D eigenvalue weighted by atomic mass is 10.00. The van der Waals surface area contributed by atoms with E-state index in [1.165, 1.54) is 16.7 Å². The lowest BCUT2D eigenvalue weighted by molar-refractivity contribution is -0.119. The van der Waals surface area contributed by atoms with Crippen LogP contribution in [-0.4, -0.2) is 36.4 Å². The summed E-state index contributed by atoms with van der Waals surface area (Å²) in [5.74, 6) is 0.309. The first-order valence-corrected chi connectivity index (χ1v) is 7.10. The molecule has 1 saturated heterocycles. The Kier molecular flexibility index (Phi) is 4.72. The minimum atomic E-state index is 0.309. The van der Waals surface area contributed by atoms with E-state index in [4.69, 9.17) is 5.73 Å². The summed E-state index contributed by atoms with van der Waals surface area (Å²) in [5.41, 5.74) is 9.47. The van der Waals surface area contributed by atoms with Gasteiger partial charge in [-0.05, 0) is 37.8 Å². The van der Waals surface area contributed by atoms with E-state index in [2.05, 4.69) is 36.9 Å². The molecule has 0 spiro atoms. The monoisotopic (exact) mass is 260 g/mol. The Bertz CT molecular complexity index is 448. The molecule has 1 aliphatic rings. The molecule has 2 N–H and O–H groups in total. The van der Waals surface area contributed by atoms with Crippen LogP contribution in [0.25, 0.3) is 0 Å². The van der Waals surface area contributed by atoms with Gasteiger partial charge < -0.3 is 5.73 Å². The Morgan fingerprint density at radius 2 is 2.00 bits per heavy atom. The molecule has 3 heteroatoms. The molecule has 0 radical (unpaired) electrons. The number of piperidine rings is 1. The SMILES string of the molecule is Cc1ccc(C)c(CC(=O)CN2CCC(N)CC2)c1. The van der Waals surface area contributed by atoms with Crippen molar-refractivity contribution >= 4 is 5.78 Å². The molecule has 0 aliphatic carbocycles. The zero-order chi connectivity index (χ0) is 13.8. The zero-order valence-electron chi connectivity index (χ0n) is 12.0. The van der Waals surface area contributed by atoms with E-state index < -0.39 is 0 Å². The van der Waals surface area contributed by atoms with Gasteiger partial charge in [-0.25, -0.2) is 0 Å². The van der Waals surface area contributed by atoms with Crippen LogP contribution < -0.4 is 5.73 Å². The van der Waals surface area contributed by atoms with Crippen LogP contribution in [0.1, 0.15) is 29.5 Å². The van der Waals surface area contributed by atoms with Gasteiger partial charge in [0.2, 0.25) is 0 Å². The summed E-state index contributed by atoms with van der Waals surface area (Å²) in [6.45, 7) is 6.63. The second kappa shape index (κ2) is 6.31. The predicted octanol–water partition coefficient (Wildman–Crippen LogP) is 1.84. The molecular formula is C16H24N2O. The summed E-state index contributed by atoms with van der Waals surface area (Å²) in [7, 11) is 0. The Morgan fingerprint density at radius 3 is 2.68 bits per heavy atom. The predicted molar refractivity (Wildman–Crippen MR) is 78.3 cm³/mol. The van der Waals surface area contributed by atoms with Crippen molar-refractivity contribution in [1.82, 2.24) is 4.90 Å². The molecule has 0 atom stereocenters. The van der Waals surface area contributed by atoms with Crippen molar-refractivity contribution in [2.75, 3.05) is 19.6 Å². The smallest absolute Gasteiger partial charge is 0.151 e. The van der Waals surface area contributed by atoms with E-state index in [1.807, 2.05) is 0 Å². The molecule has 0 aromatic heterocycles. The lowest BCUT2D eigenvalue weighted by Gasteiger charge is -2.29. The van der Waals surface area contributed by atoms with Gasteiger partial charge in [0.15, 0.2) is 5.78 Å². The minimum Gasteiger partial charge on any atom is -0.328 e. The van der Waals surface area contributed by atoms with Gasteiger partial charge in [-0.1, -0.05) is 23.8 Å². The van der Waals surface area contributed by atoms with Crippen molar-refractivity contribution in [1.29, 1.82) is 0 Å². The third-order valence-corrected chi connectivity index (χ3v) is 3.92. The minimum absolute atomic E-state index is 0.309. The highest BCUT2D eigenvalue weighted by atomic mass is 16.1. The molecule has 1 aliphatic heterocycles. The first-order valence-electron chi connectivity index (χ1n) is 7.10. The van der Waals surface area contributed by atoms with E-state index in [9.17, 15) is 4.79 Å². The van der Waals surface area contributed by atoms with E-state index in [-0.39, 0.29) is 0 Å². The summed E-state index contributed by atoms with van der Waals surface area (Å²) in [6.07, 6.45) is 2.57. The summed E-state index contributed by atoms with van der Waals surface area (Å²) in [4.78, 5) is 14.4. The normalized spacial score (nSPS) is 17.6. The number of carbonyl (C=O) groups is 1. The van der Waals surface area contributed by atoms with Gasteiger partial charge in [0.05, 0.1) is 6.54 Å². The molecule has 0 saturated carbocycles. The molecule has 0 unspecified atom stereocenters. The Hall–Kier alpha value is -1.19. The van der Waals surface area contributed by atoms with Crippen LogP contribution in [0, 0.1) is 13.8 Å². The topological polar surface area (TPSA) is 46.3 Å². The molecule has 3 nitrogen and oxygen atoms in total. The molecule has 0 bridgehead atoms. The van der Waals surface area contributed by atoms with Gasteiger partial charge in [0.25, 0.3) is 0 Å². The number of hydrogen-bond donors (Lipinski definition) is 1. The van der Waals surface area contributed by atoms with Gasteiger partial charge >= 0.3 is 0 Å². The Morgan fingerprint density at radius 1 is 1.32 bits per heavy atom. The first kappa shape index (κ1) is 14.2. The van der Waals surface area contributed by atoms with Gasteiger partial charge in [-0.2, -0.15) is 0 Å². The van der Waals surface area contributed by atoms with Crippen LogP contribution in [-0.2, 0) is 11.2 Å². The second-order valence-electron chi connectivity index (χ2n) is 5.76. The maximum Gasteiger partial charge on any atom is 0.151 e. The second-order valence-corrected chi connectivity index (χ2v) is 5.76. The number of likely N-dealkylation sites (tertiary alicyclic amines) is 1. The number of Topliss-reactive ketones (excluding diaryl/α,β-unsaturated/α-hetero) is 1. The van der Waals surface area contributed by atoms with Crippen molar-refractivity contribution in [2.45, 2.75) is 39.2 Å². The van der Waals surface area contributed by atoms with Crippen LogP contribution in [0.15, 0.2) is 18.2 Å². The van der Waals surface area contributed by atoms with Crippen molar-refractivity contribution in [3.05, 3.63) is 34.9 Å². The summed E-state index contributed by atoms with van der Waals surface area (Å²) >= 11 is 0.